The number of nitro groups is 1. The third-order valence-electron chi connectivity index (χ3n) is 3.85. The summed E-state index contributed by atoms with van der Waals surface area (Å²) in [5.41, 5.74) is 1.74. The Bertz CT molecular complexity index is 862. The van der Waals surface area contributed by atoms with E-state index in [0.29, 0.717) is 11.5 Å². The lowest BCUT2D eigenvalue weighted by atomic mass is 9.98. The Morgan fingerprint density at radius 3 is 1.81 bits per heavy atom. The van der Waals surface area contributed by atoms with Crippen LogP contribution in [0.25, 0.3) is 0 Å². The van der Waals surface area contributed by atoms with E-state index in [4.69, 9.17) is 9.47 Å². The van der Waals surface area contributed by atoms with E-state index in [9.17, 15) is 10.1 Å². The second kappa shape index (κ2) is 7.52. The summed E-state index contributed by atoms with van der Waals surface area (Å²) in [7, 11) is 3.18. The number of halogens is 1. The molecule has 3 rings (SSSR count). The third kappa shape index (κ3) is 3.52. The zero-order chi connectivity index (χ0) is 18.7. The summed E-state index contributed by atoms with van der Waals surface area (Å²) in [6.07, 6.45) is 0. The molecule has 0 saturated heterocycles. The van der Waals surface area contributed by atoms with Gasteiger partial charge in [0.05, 0.1) is 14.2 Å². The van der Waals surface area contributed by atoms with Gasteiger partial charge in [0.1, 0.15) is 17.5 Å². The summed E-state index contributed by atoms with van der Waals surface area (Å²) < 4.78 is 12.1. The van der Waals surface area contributed by atoms with E-state index in [2.05, 4.69) is 26.0 Å². The second-order valence-corrected chi connectivity index (χ2v) is 6.04. The number of hydrogen-bond donors (Lipinski definition) is 0. The van der Waals surface area contributed by atoms with Crippen LogP contribution in [-0.2, 0) is 0 Å². The fraction of sp³-hybridized carbons (Fsp3) is 0.176. The van der Waals surface area contributed by atoms with Crippen molar-refractivity contribution in [1.82, 2.24) is 14.8 Å². The molecule has 0 amide bonds. The van der Waals surface area contributed by atoms with Gasteiger partial charge in [0.25, 0.3) is 4.73 Å². The van der Waals surface area contributed by atoms with Crippen molar-refractivity contribution < 1.29 is 14.4 Å². The van der Waals surface area contributed by atoms with Crippen LogP contribution in [0.5, 0.6) is 11.5 Å². The number of benzene rings is 2. The van der Waals surface area contributed by atoms with Crippen LogP contribution >= 0.6 is 15.9 Å². The summed E-state index contributed by atoms with van der Waals surface area (Å²) in [5, 5.41) is 15.1. The van der Waals surface area contributed by atoms with E-state index in [-0.39, 0.29) is 4.73 Å². The van der Waals surface area contributed by atoms with Crippen LogP contribution < -0.4 is 9.47 Å². The van der Waals surface area contributed by atoms with Crippen molar-refractivity contribution in [2.24, 2.45) is 0 Å². The average Bonchev–Trinajstić information content (AvgIpc) is 3.05. The van der Waals surface area contributed by atoms with E-state index >= 15 is 0 Å². The predicted octanol–water partition coefficient (Wildman–Crippen LogP) is 3.60. The number of rotatable bonds is 6. The maximum atomic E-state index is 11.0. The normalized spacial score (nSPS) is 10.8. The quantitative estimate of drug-likeness (QED) is 0.448. The third-order valence-corrected chi connectivity index (χ3v) is 4.39. The van der Waals surface area contributed by atoms with E-state index in [1.807, 2.05) is 48.5 Å². The molecule has 0 fully saturated rings. The molecule has 0 atom stereocenters. The zero-order valence-electron chi connectivity index (χ0n) is 14.0. The van der Waals surface area contributed by atoms with Crippen LogP contribution in [0.1, 0.15) is 17.2 Å². The first-order valence-electron chi connectivity index (χ1n) is 7.58. The lowest BCUT2D eigenvalue weighted by Crippen LogP contribution is -2.14. The SMILES string of the molecule is COc1ccc(C(c2ccc(OC)cc2)n2nc([N+](=O)[O-])nc2Br)cc1. The van der Waals surface area contributed by atoms with Crippen LogP contribution in [0.4, 0.5) is 5.95 Å². The first-order valence-corrected chi connectivity index (χ1v) is 8.37. The number of ether oxygens (including phenoxy) is 2. The highest BCUT2D eigenvalue weighted by atomic mass is 79.9. The molecule has 1 heterocycles. The van der Waals surface area contributed by atoms with Gasteiger partial charge in [0.2, 0.25) is 0 Å². The van der Waals surface area contributed by atoms with Gasteiger partial charge < -0.3 is 19.6 Å². The molecule has 0 saturated carbocycles. The molecule has 0 spiro atoms. The first-order chi connectivity index (χ1) is 12.5. The standard InChI is InChI=1S/C17H15BrN4O4/c1-25-13-7-3-11(4-8-13)15(12-5-9-14(26-2)10-6-12)21-16(18)19-17(20-21)22(23)24/h3-10,15H,1-2H3. The Morgan fingerprint density at radius 1 is 1.00 bits per heavy atom. The summed E-state index contributed by atoms with van der Waals surface area (Å²) in [6, 6.07) is 14.4. The van der Waals surface area contributed by atoms with Crippen LogP contribution in [0.3, 0.4) is 0 Å². The Kier molecular flexibility index (Phi) is 5.17. The van der Waals surface area contributed by atoms with Gasteiger partial charge in [0.15, 0.2) is 0 Å². The molecule has 2 aromatic carbocycles. The van der Waals surface area contributed by atoms with Crippen molar-refractivity contribution >= 4 is 21.9 Å². The van der Waals surface area contributed by atoms with Gasteiger partial charge in [-0.25, -0.2) is 0 Å². The molecule has 0 aliphatic carbocycles. The van der Waals surface area contributed by atoms with Crippen LogP contribution in [0, 0.1) is 10.1 Å². The van der Waals surface area contributed by atoms with Crippen molar-refractivity contribution in [3.63, 3.8) is 0 Å². The molecule has 0 bridgehead atoms. The molecular weight excluding hydrogens is 404 g/mol. The molecule has 0 N–H and O–H groups in total. The van der Waals surface area contributed by atoms with Gasteiger partial charge in [-0.3, -0.25) is 0 Å². The van der Waals surface area contributed by atoms with E-state index < -0.39 is 16.9 Å². The maximum Gasteiger partial charge on any atom is 0.492 e. The highest BCUT2D eigenvalue weighted by Crippen LogP contribution is 2.31. The minimum Gasteiger partial charge on any atom is -0.497 e. The molecule has 3 aromatic rings. The second-order valence-electron chi connectivity index (χ2n) is 5.33. The molecule has 134 valence electrons. The zero-order valence-corrected chi connectivity index (χ0v) is 15.6. The fourth-order valence-electron chi connectivity index (χ4n) is 2.58. The molecule has 9 heteroatoms. The lowest BCUT2D eigenvalue weighted by Gasteiger charge is -2.17. The van der Waals surface area contributed by atoms with Gasteiger partial charge in [-0.05, 0) is 45.3 Å². The molecule has 0 aliphatic rings. The van der Waals surface area contributed by atoms with Crippen molar-refractivity contribution in [3.05, 3.63) is 74.5 Å². The Balaban J connectivity index is 2.12. The molecule has 0 aliphatic heterocycles. The van der Waals surface area contributed by atoms with Gasteiger partial charge in [0, 0.05) is 21.0 Å². The first kappa shape index (κ1) is 17.9. The molecule has 1 aromatic heterocycles. The summed E-state index contributed by atoms with van der Waals surface area (Å²) in [4.78, 5) is 14.3. The molecule has 0 unspecified atom stereocenters. The minimum atomic E-state index is -0.625. The highest BCUT2D eigenvalue weighted by Gasteiger charge is 2.28. The number of methoxy groups -OCH3 is 2. The highest BCUT2D eigenvalue weighted by molar-refractivity contribution is 9.10. The summed E-state index contributed by atoms with van der Waals surface area (Å²) in [5.74, 6) is 0.959. The van der Waals surface area contributed by atoms with Gasteiger partial charge in [-0.2, -0.15) is 0 Å². The average molecular weight is 419 g/mol. The lowest BCUT2D eigenvalue weighted by molar-refractivity contribution is -0.394. The van der Waals surface area contributed by atoms with Crippen molar-refractivity contribution in [1.29, 1.82) is 0 Å². The minimum absolute atomic E-state index is 0.265. The Labute approximate surface area is 157 Å². The number of aromatic nitrogens is 3. The number of hydrogen-bond acceptors (Lipinski definition) is 6. The van der Waals surface area contributed by atoms with Gasteiger partial charge in [-0.15, -0.1) is 4.68 Å². The Hall–Kier alpha value is -2.94. The summed E-state index contributed by atoms with van der Waals surface area (Å²) in [6.45, 7) is 0. The maximum absolute atomic E-state index is 11.0. The van der Waals surface area contributed by atoms with E-state index in [1.54, 1.807) is 14.2 Å². The van der Waals surface area contributed by atoms with Crippen molar-refractivity contribution in [2.45, 2.75) is 6.04 Å². The molecule has 0 radical (unpaired) electrons. The topological polar surface area (TPSA) is 92.3 Å². The largest absolute Gasteiger partial charge is 0.497 e. The monoisotopic (exact) mass is 418 g/mol. The molecule has 8 nitrogen and oxygen atoms in total. The van der Waals surface area contributed by atoms with Gasteiger partial charge >= 0.3 is 5.95 Å². The molecule has 26 heavy (non-hydrogen) atoms. The number of nitrogens with zero attached hydrogens (tertiary/aromatic N) is 4. The summed E-state index contributed by atoms with van der Waals surface area (Å²) >= 11 is 3.27. The fourth-order valence-corrected chi connectivity index (χ4v) is 3.03. The van der Waals surface area contributed by atoms with Crippen LogP contribution in [0.15, 0.2) is 53.3 Å². The van der Waals surface area contributed by atoms with E-state index in [0.717, 1.165) is 11.1 Å². The van der Waals surface area contributed by atoms with E-state index in [1.165, 1.54) is 4.68 Å². The molecular formula is C17H15BrN4O4. The van der Waals surface area contributed by atoms with Crippen molar-refractivity contribution in [3.8, 4) is 11.5 Å². The van der Waals surface area contributed by atoms with Crippen LogP contribution in [0.2, 0.25) is 0 Å². The smallest absolute Gasteiger partial charge is 0.492 e. The Morgan fingerprint density at radius 2 is 1.46 bits per heavy atom. The van der Waals surface area contributed by atoms with Gasteiger partial charge in [-0.1, -0.05) is 24.3 Å². The van der Waals surface area contributed by atoms with Crippen molar-refractivity contribution in [2.75, 3.05) is 14.2 Å². The predicted molar refractivity (Wildman–Crippen MR) is 97.6 cm³/mol. The van der Waals surface area contributed by atoms with Crippen LogP contribution in [-0.4, -0.2) is 33.9 Å².